The summed E-state index contributed by atoms with van der Waals surface area (Å²) >= 11 is 0. The van der Waals surface area contributed by atoms with E-state index in [4.69, 9.17) is 5.84 Å². The number of carbonyl (C=O) groups is 1. The van der Waals surface area contributed by atoms with Crippen molar-refractivity contribution in [2.24, 2.45) is 17.7 Å². The van der Waals surface area contributed by atoms with Gasteiger partial charge in [0.1, 0.15) is 0 Å². The highest BCUT2D eigenvalue weighted by atomic mass is 16.2. The molecule has 0 aliphatic carbocycles. The van der Waals surface area contributed by atoms with Crippen LogP contribution in [-0.2, 0) is 4.79 Å². The Balaban J connectivity index is 2.45. The van der Waals surface area contributed by atoms with Crippen LogP contribution in [0.25, 0.3) is 0 Å². The van der Waals surface area contributed by atoms with Crippen molar-refractivity contribution in [3.05, 3.63) is 0 Å². The van der Waals surface area contributed by atoms with E-state index in [2.05, 4.69) is 24.2 Å². The Morgan fingerprint density at radius 3 is 2.57 bits per heavy atom. The summed E-state index contributed by atoms with van der Waals surface area (Å²) < 4.78 is 0. The quantitative estimate of drug-likeness (QED) is 0.391. The first-order chi connectivity index (χ1) is 6.56. The molecule has 2 unspecified atom stereocenters. The molecule has 1 heterocycles. The Labute approximate surface area is 85.8 Å². The molecule has 1 saturated heterocycles. The van der Waals surface area contributed by atoms with Crippen molar-refractivity contribution < 1.29 is 4.79 Å². The molecule has 0 saturated carbocycles. The summed E-state index contributed by atoms with van der Waals surface area (Å²) in [5.41, 5.74) is 2.21. The normalized spacial score (nSPS) is 25.4. The second-order valence-electron chi connectivity index (χ2n) is 4.47. The van der Waals surface area contributed by atoms with Gasteiger partial charge in [-0.1, -0.05) is 13.8 Å². The van der Waals surface area contributed by atoms with Crippen molar-refractivity contribution in [3.8, 4) is 0 Å². The number of nitrogens with one attached hydrogen (secondary N) is 1. The van der Waals surface area contributed by atoms with Crippen LogP contribution in [0.4, 0.5) is 0 Å². The minimum atomic E-state index is -0.0938. The molecular formula is C10H21N3O. The van der Waals surface area contributed by atoms with Gasteiger partial charge in [0, 0.05) is 6.54 Å². The van der Waals surface area contributed by atoms with Crippen LogP contribution in [0.15, 0.2) is 0 Å². The Kier molecular flexibility index (Phi) is 3.89. The first-order valence-electron chi connectivity index (χ1n) is 5.30. The Bertz CT molecular complexity index is 206. The number of rotatable bonds is 3. The molecule has 1 aliphatic heterocycles. The van der Waals surface area contributed by atoms with Crippen LogP contribution in [0.5, 0.6) is 0 Å². The van der Waals surface area contributed by atoms with Gasteiger partial charge in [-0.05, 0) is 31.7 Å². The zero-order valence-electron chi connectivity index (χ0n) is 9.29. The highest BCUT2D eigenvalue weighted by Gasteiger charge is 2.30. The molecular weight excluding hydrogens is 178 g/mol. The molecule has 0 aromatic heterocycles. The van der Waals surface area contributed by atoms with Gasteiger partial charge in [-0.25, -0.2) is 5.84 Å². The Morgan fingerprint density at radius 2 is 2.14 bits per heavy atom. The lowest BCUT2D eigenvalue weighted by atomic mass is 9.95. The molecule has 2 atom stereocenters. The molecule has 0 spiro atoms. The highest BCUT2D eigenvalue weighted by molar-refractivity contribution is 5.80. The minimum absolute atomic E-state index is 0.0885. The fraction of sp³-hybridized carbons (Fsp3) is 0.900. The maximum absolute atomic E-state index is 11.3. The summed E-state index contributed by atoms with van der Waals surface area (Å²) in [6, 6.07) is -0.0938. The number of hydrogen-bond acceptors (Lipinski definition) is 3. The number of nitrogens with two attached hydrogens (primary N) is 1. The van der Waals surface area contributed by atoms with E-state index in [1.807, 2.05) is 6.92 Å². The minimum Gasteiger partial charge on any atom is -0.293 e. The van der Waals surface area contributed by atoms with E-state index >= 15 is 0 Å². The van der Waals surface area contributed by atoms with E-state index in [9.17, 15) is 4.79 Å². The predicted molar refractivity (Wildman–Crippen MR) is 56.3 cm³/mol. The van der Waals surface area contributed by atoms with Crippen molar-refractivity contribution in [2.45, 2.75) is 33.2 Å². The summed E-state index contributed by atoms with van der Waals surface area (Å²) in [5.74, 6) is 6.45. The van der Waals surface area contributed by atoms with Crippen LogP contribution in [-0.4, -0.2) is 29.9 Å². The summed E-state index contributed by atoms with van der Waals surface area (Å²) in [5, 5.41) is 0. The molecule has 0 bridgehead atoms. The fourth-order valence-corrected chi connectivity index (χ4v) is 2.00. The third-order valence-electron chi connectivity index (χ3n) is 3.27. The topological polar surface area (TPSA) is 58.4 Å². The molecule has 82 valence electrons. The van der Waals surface area contributed by atoms with Gasteiger partial charge in [0.25, 0.3) is 5.91 Å². The van der Waals surface area contributed by atoms with Gasteiger partial charge in [-0.15, -0.1) is 0 Å². The van der Waals surface area contributed by atoms with Gasteiger partial charge in [0.2, 0.25) is 0 Å². The SMILES string of the molecule is CC(C)C1CCN(C(C)C(=O)NN)C1. The van der Waals surface area contributed by atoms with E-state index in [0.29, 0.717) is 5.92 Å². The molecule has 1 amide bonds. The summed E-state index contributed by atoms with van der Waals surface area (Å²) in [6.45, 7) is 8.41. The van der Waals surface area contributed by atoms with E-state index in [0.717, 1.165) is 19.0 Å². The zero-order chi connectivity index (χ0) is 10.7. The lowest BCUT2D eigenvalue weighted by Gasteiger charge is -2.23. The van der Waals surface area contributed by atoms with Crippen molar-refractivity contribution in [3.63, 3.8) is 0 Å². The molecule has 1 aliphatic rings. The third-order valence-corrected chi connectivity index (χ3v) is 3.27. The fourth-order valence-electron chi connectivity index (χ4n) is 2.00. The van der Waals surface area contributed by atoms with E-state index in [1.165, 1.54) is 6.42 Å². The zero-order valence-corrected chi connectivity index (χ0v) is 9.29. The van der Waals surface area contributed by atoms with Crippen molar-refractivity contribution in [2.75, 3.05) is 13.1 Å². The maximum Gasteiger partial charge on any atom is 0.250 e. The smallest absolute Gasteiger partial charge is 0.250 e. The molecule has 0 radical (unpaired) electrons. The number of carbonyl (C=O) groups excluding carboxylic acids is 1. The average molecular weight is 199 g/mol. The monoisotopic (exact) mass is 199 g/mol. The molecule has 1 fully saturated rings. The lowest BCUT2D eigenvalue weighted by molar-refractivity contribution is -0.125. The summed E-state index contributed by atoms with van der Waals surface area (Å²) in [7, 11) is 0. The number of hydrazine groups is 1. The van der Waals surface area contributed by atoms with Crippen LogP contribution in [0, 0.1) is 11.8 Å². The third kappa shape index (κ3) is 2.45. The summed E-state index contributed by atoms with van der Waals surface area (Å²) in [4.78, 5) is 13.5. The second-order valence-corrected chi connectivity index (χ2v) is 4.47. The van der Waals surface area contributed by atoms with E-state index in [-0.39, 0.29) is 11.9 Å². The van der Waals surface area contributed by atoms with E-state index < -0.39 is 0 Å². The number of hydrogen-bond donors (Lipinski definition) is 2. The molecule has 3 N–H and O–H groups in total. The standard InChI is InChI=1S/C10H21N3O/c1-7(2)9-4-5-13(6-9)8(3)10(14)12-11/h7-9H,4-6,11H2,1-3H3,(H,12,14). The second kappa shape index (κ2) is 4.75. The Morgan fingerprint density at radius 1 is 1.50 bits per heavy atom. The van der Waals surface area contributed by atoms with Crippen molar-refractivity contribution in [1.82, 2.24) is 10.3 Å². The first kappa shape index (κ1) is 11.5. The van der Waals surface area contributed by atoms with Gasteiger partial charge in [0.15, 0.2) is 0 Å². The highest BCUT2D eigenvalue weighted by Crippen LogP contribution is 2.24. The number of amides is 1. The molecule has 1 rings (SSSR count). The van der Waals surface area contributed by atoms with E-state index in [1.54, 1.807) is 0 Å². The van der Waals surface area contributed by atoms with Crippen LogP contribution >= 0.6 is 0 Å². The van der Waals surface area contributed by atoms with Gasteiger partial charge in [-0.3, -0.25) is 15.1 Å². The van der Waals surface area contributed by atoms with Crippen molar-refractivity contribution >= 4 is 5.91 Å². The van der Waals surface area contributed by atoms with Gasteiger partial charge in [-0.2, -0.15) is 0 Å². The van der Waals surface area contributed by atoms with Gasteiger partial charge >= 0.3 is 0 Å². The van der Waals surface area contributed by atoms with Crippen LogP contribution in [0.3, 0.4) is 0 Å². The predicted octanol–water partition coefficient (Wildman–Crippen LogP) is 0.343. The number of likely N-dealkylation sites (tertiary alicyclic amines) is 1. The van der Waals surface area contributed by atoms with Crippen LogP contribution < -0.4 is 11.3 Å². The molecule has 0 aromatic rings. The van der Waals surface area contributed by atoms with Gasteiger partial charge < -0.3 is 0 Å². The number of nitrogens with zero attached hydrogens (tertiary/aromatic N) is 1. The average Bonchev–Trinajstić information content (AvgIpc) is 2.64. The lowest BCUT2D eigenvalue weighted by Crippen LogP contribution is -2.46. The maximum atomic E-state index is 11.3. The van der Waals surface area contributed by atoms with Crippen molar-refractivity contribution in [1.29, 1.82) is 0 Å². The van der Waals surface area contributed by atoms with Gasteiger partial charge in [0.05, 0.1) is 6.04 Å². The molecule has 0 aromatic carbocycles. The largest absolute Gasteiger partial charge is 0.293 e. The Hall–Kier alpha value is -0.610. The molecule has 14 heavy (non-hydrogen) atoms. The molecule has 4 nitrogen and oxygen atoms in total. The molecule has 4 heteroatoms. The summed E-state index contributed by atoms with van der Waals surface area (Å²) in [6.07, 6.45) is 1.19. The van der Waals surface area contributed by atoms with Crippen LogP contribution in [0.1, 0.15) is 27.2 Å². The van der Waals surface area contributed by atoms with Crippen LogP contribution in [0.2, 0.25) is 0 Å². The first-order valence-corrected chi connectivity index (χ1v) is 5.30.